The second-order valence-corrected chi connectivity index (χ2v) is 4.66. The molecule has 2 aromatic heterocycles. The van der Waals surface area contributed by atoms with Crippen molar-refractivity contribution in [3.8, 4) is 11.5 Å². The highest BCUT2D eigenvalue weighted by Crippen LogP contribution is 2.39. The van der Waals surface area contributed by atoms with E-state index in [0.717, 1.165) is 0 Å². The molecule has 1 aliphatic rings. The Balaban J connectivity index is 2.16. The number of ether oxygens (including phenoxy) is 1. The number of carbonyl (C=O) groups excluding carboxylic acids is 1. The van der Waals surface area contributed by atoms with Crippen LogP contribution in [-0.2, 0) is 4.79 Å². The molecule has 3 heterocycles. The lowest BCUT2D eigenvalue weighted by Crippen LogP contribution is -2.20. The SMILES string of the molecule is COc1cccnc1C1C(=O)C=NC=C1c1ncccc1O. The van der Waals surface area contributed by atoms with Gasteiger partial charge in [0.1, 0.15) is 17.2 Å². The third-order valence-electron chi connectivity index (χ3n) is 3.36. The van der Waals surface area contributed by atoms with Gasteiger partial charge < -0.3 is 9.84 Å². The van der Waals surface area contributed by atoms with Crippen molar-refractivity contribution in [3.05, 3.63) is 54.2 Å². The summed E-state index contributed by atoms with van der Waals surface area (Å²) in [6.45, 7) is 0. The predicted molar refractivity (Wildman–Crippen MR) is 80.9 cm³/mol. The van der Waals surface area contributed by atoms with Gasteiger partial charge in [0.05, 0.1) is 24.9 Å². The van der Waals surface area contributed by atoms with Gasteiger partial charge in [-0.15, -0.1) is 0 Å². The number of nitrogens with zero attached hydrogens (tertiary/aromatic N) is 3. The summed E-state index contributed by atoms with van der Waals surface area (Å²) in [6, 6.07) is 6.59. The van der Waals surface area contributed by atoms with Gasteiger partial charge >= 0.3 is 0 Å². The summed E-state index contributed by atoms with van der Waals surface area (Å²) in [6.07, 6.45) is 5.89. The Hall–Kier alpha value is -3.02. The fraction of sp³-hybridized carbons (Fsp3) is 0.125. The molecule has 0 radical (unpaired) electrons. The van der Waals surface area contributed by atoms with E-state index in [4.69, 9.17) is 4.74 Å². The van der Waals surface area contributed by atoms with Gasteiger partial charge in [-0.05, 0) is 24.3 Å². The van der Waals surface area contributed by atoms with Gasteiger partial charge in [-0.25, -0.2) is 0 Å². The number of hydrogen-bond donors (Lipinski definition) is 1. The number of pyridine rings is 2. The normalized spacial score (nSPS) is 17.2. The largest absolute Gasteiger partial charge is 0.506 e. The fourth-order valence-electron chi connectivity index (χ4n) is 2.38. The molecule has 3 rings (SSSR count). The lowest BCUT2D eigenvalue weighted by Gasteiger charge is -2.21. The summed E-state index contributed by atoms with van der Waals surface area (Å²) >= 11 is 0. The molecule has 0 aromatic carbocycles. The van der Waals surface area contributed by atoms with Crippen LogP contribution in [0.15, 0.2) is 47.9 Å². The number of methoxy groups -OCH3 is 1. The first-order chi connectivity index (χ1) is 10.7. The smallest absolute Gasteiger partial charge is 0.187 e. The molecule has 1 unspecified atom stereocenters. The molecule has 110 valence electrons. The van der Waals surface area contributed by atoms with Gasteiger partial charge in [0.2, 0.25) is 0 Å². The van der Waals surface area contributed by atoms with Crippen LogP contribution >= 0.6 is 0 Å². The molecule has 6 heteroatoms. The molecule has 0 saturated carbocycles. The molecular weight excluding hydrogens is 282 g/mol. The Morgan fingerprint density at radius 1 is 1.18 bits per heavy atom. The minimum Gasteiger partial charge on any atom is -0.506 e. The monoisotopic (exact) mass is 295 g/mol. The zero-order valence-corrected chi connectivity index (χ0v) is 11.8. The Morgan fingerprint density at radius 2 is 1.95 bits per heavy atom. The van der Waals surface area contributed by atoms with Gasteiger partial charge in [-0.2, -0.15) is 0 Å². The molecular formula is C16H13N3O3. The second-order valence-electron chi connectivity index (χ2n) is 4.66. The van der Waals surface area contributed by atoms with E-state index in [-0.39, 0.29) is 11.5 Å². The predicted octanol–water partition coefficient (Wildman–Crippen LogP) is 1.97. The van der Waals surface area contributed by atoms with Crippen molar-refractivity contribution >= 4 is 17.6 Å². The molecule has 0 bridgehead atoms. The van der Waals surface area contributed by atoms with Crippen LogP contribution in [0.5, 0.6) is 11.5 Å². The summed E-state index contributed by atoms with van der Waals surface area (Å²) in [5.74, 6) is -0.468. The summed E-state index contributed by atoms with van der Waals surface area (Å²) in [5.41, 5.74) is 1.27. The molecule has 0 aliphatic carbocycles. The van der Waals surface area contributed by atoms with E-state index in [0.29, 0.717) is 22.7 Å². The minimum atomic E-state index is -0.713. The first-order valence-electron chi connectivity index (χ1n) is 6.62. The molecule has 0 amide bonds. The number of ketones is 1. The summed E-state index contributed by atoms with van der Waals surface area (Å²) in [4.78, 5) is 24.7. The standard InChI is InChI=1S/C16H13N3O3/c1-22-13-5-3-7-19-16(13)14-10(8-17-9-12(14)21)15-11(20)4-2-6-18-15/h2-9,14,20H,1H3. The number of hydrogen-bond acceptors (Lipinski definition) is 6. The van der Waals surface area contributed by atoms with Crippen LogP contribution in [0.3, 0.4) is 0 Å². The number of carbonyl (C=O) groups is 1. The lowest BCUT2D eigenvalue weighted by molar-refractivity contribution is -0.112. The van der Waals surface area contributed by atoms with Crippen molar-refractivity contribution in [2.45, 2.75) is 5.92 Å². The van der Waals surface area contributed by atoms with Gasteiger partial charge in [0.25, 0.3) is 0 Å². The van der Waals surface area contributed by atoms with Crippen molar-refractivity contribution in [1.82, 2.24) is 9.97 Å². The molecule has 0 saturated heterocycles. The van der Waals surface area contributed by atoms with Crippen LogP contribution in [-0.4, -0.2) is 34.2 Å². The molecule has 1 N–H and O–H groups in total. The van der Waals surface area contributed by atoms with Gasteiger partial charge in [0.15, 0.2) is 5.78 Å². The molecule has 0 spiro atoms. The number of aromatic nitrogens is 2. The van der Waals surface area contributed by atoms with Crippen molar-refractivity contribution in [2.75, 3.05) is 7.11 Å². The van der Waals surface area contributed by atoms with Gasteiger partial charge in [0, 0.05) is 24.2 Å². The van der Waals surface area contributed by atoms with E-state index in [1.165, 1.54) is 25.6 Å². The third kappa shape index (κ3) is 2.35. The minimum absolute atomic E-state index is 0.0152. The average Bonchev–Trinajstić information content (AvgIpc) is 2.55. The van der Waals surface area contributed by atoms with E-state index in [9.17, 15) is 9.90 Å². The van der Waals surface area contributed by atoms with Crippen molar-refractivity contribution in [2.24, 2.45) is 4.99 Å². The number of Topliss-reactive ketones (excluding diaryl/α,β-unsaturated/α-hetero) is 1. The van der Waals surface area contributed by atoms with E-state index < -0.39 is 5.92 Å². The van der Waals surface area contributed by atoms with E-state index in [1.54, 1.807) is 30.6 Å². The summed E-state index contributed by atoms with van der Waals surface area (Å²) in [5, 5.41) is 10.0. The molecule has 1 aliphatic heterocycles. The number of allylic oxidation sites excluding steroid dienone is 1. The van der Waals surface area contributed by atoms with Crippen LogP contribution in [0, 0.1) is 0 Å². The number of rotatable bonds is 3. The Kier molecular flexibility index (Phi) is 3.65. The van der Waals surface area contributed by atoms with Gasteiger partial charge in [-0.3, -0.25) is 19.8 Å². The van der Waals surface area contributed by atoms with Crippen molar-refractivity contribution in [1.29, 1.82) is 0 Å². The average molecular weight is 295 g/mol. The van der Waals surface area contributed by atoms with Crippen LogP contribution in [0.1, 0.15) is 17.3 Å². The van der Waals surface area contributed by atoms with E-state index in [2.05, 4.69) is 15.0 Å². The maximum absolute atomic E-state index is 12.4. The van der Waals surface area contributed by atoms with Crippen LogP contribution < -0.4 is 4.74 Å². The first-order valence-corrected chi connectivity index (χ1v) is 6.62. The first kappa shape index (κ1) is 13.9. The zero-order chi connectivity index (χ0) is 15.5. The van der Waals surface area contributed by atoms with E-state index in [1.807, 2.05) is 0 Å². The Bertz CT molecular complexity index is 784. The summed E-state index contributed by atoms with van der Waals surface area (Å²) in [7, 11) is 1.52. The maximum atomic E-state index is 12.4. The van der Waals surface area contributed by atoms with Crippen LogP contribution in [0.25, 0.3) is 5.57 Å². The fourth-order valence-corrected chi connectivity index (χ4v) is 2.38. The zero-order valence-electron chi connectivity index (χ0n) is 11.8. The Morgan fingerprint density at radius 3 is 2.73 bits per heavy atom. The molecule has 2 aromatic rings. The number of aromatic hydroxyl groups is 1. The maximum Gasteiger partial charge on any atom is 0.187 e. The lowest BCUT2D eigenvalue weighted by atomic mass is 9.87. The third-order valence-corrected chi connectivity index (χ3v) is 3.36. The van der Waals surface area contributed by atoms with Crippen LogP contribution in [0.4, 0.5) is 0 Å². The highest BCUT2D eigenvalue weighted by atomic mass is 16.5. The molecule has 22 heavy (non-hydrogen) atoms. The molecule has 6 nitrogen and oxygen atoms in total. The number of aliphatic imine (C=N–C) groups is 1. The summed E-state index contributed by atoms with van der Waals surface area (Å²) < 4.78 is 5.29. The highest BCUT2D eigenvalue weighted by Gasteiger charge is 2.32. The quantitative estimate of drug-likeness (QED) is 0.935. The second kappa shape index (κ2) is 5.77. The van der Waals surface area contributed by atoms with Crippen molar-refractivity contribution < 1.29 is 14.6 Å². The van der Waals surface area contributed by atoms with Gasteiger partial charge in [-0.1, -0.05) is 0 Å². The molecule has 0 fully saturated rings. The van der Waals surface area contributed by atoms with Crippen LogP contribution in [0.2, 0.25) is 0 Å². The topological polar surface area (TPSA) is 84.7 Å². The van der Waals surface area contributed by atoms with Crippen molar-refractivity contribution in [3.63, 3.8) is 0 Å². The highest BCUT2D eigenvalue weighted by molar-refractivity contribution is 6.34. The molecule has 1 atom stereocenters. The van der Waals surface area contributed by atoms with E-state index >= 15 is 0 Å². The Labute approximate surface area is 126 Å².